The molecule has 0 saturated heterocycles. The van der Waals surface area contributed by atoms with Crippen LogP contribution in [0.15, 0.2) is 24.3 Å². The Hall–Kier alpha value is -1.51. The molecule has 3 nitrogen and oxygen atoms in total. The number of nitrogens with one attached hydrogen (secondary N) is 1. The molecule has 1 fully saturated rings. The maximum atomic E-state index is 12.6. The highest BCUT2D eigenvalue weighted by Gasteiger charge is 2.27. The molecule has 20 heavy (non-hydrogen) atoms. The summed E-state index contributed by atoms with van der Waals surface area (Å²) in [5.74, 6) is 0.530. The first kappa shape index (κ1) is 13.5. The Morgan fingerprint density at radius 1 is 1.20 bits per heavy atom. The molecule has 3 rings (SSSR count). The van der Waals surface area contributed by atoms with Gasteiger partial charge in [-0.3, -0.25) is 4.90 Å². The Kier molecular flexibility index (Phi) is 3.95. The third-order valence-corrected chi connectivity index (χ3v) is 4.52. The van der Waals surface area contributed by atoms with E-state index >= 15 is 0 Å². The van der Waals surface area contributed by atoms with Gasteiger partial charge < -0.3 is 5.32 Å². The van der Waals surface area contributed by atoms with Gasteiger partial charge in [0.25, 0.3) is 0 Å². The Bertz CT molecular complexity index is 480. The predicted octanol–water partition coefficient (Wildman–Crippen LogP) is 3.73. The van der Waals surface area contributed by atoms with Gasteiger partial charge in [0.05, 0.1) is 0 Å². The number of anilines is 1. The minimum Gasteiger partial charge on any atom is -0.335 e. The van der Waals surface area contributed by atoms with E-state index in [9.17, 15) is 4.79 Å². The summed E-state index contributed by atoms with van der Waals surface area (Å²) in [7, 11) is 0. The molecule has 0 bridgehead atoms. The number of hydrogen-bond acceptors (Lipinski definition) is 1. The molecule has 1 aromatic carbocycles. The lowest BCUT2D eigenvalue weighted by molar-refractivity contribution is 0.236. The molecule has 2 amide bonds. The highest BCUT2D eigenvalue weighted by atomic mass is 16.2. The lowest BCUT2D eigenvalue weighted by Crippen LogP contribution is -2.49. The van der Waals surface area contributed by atoms with Gasteiger partial charge in [-0.15, -0.1) is 0 Å². The molecule has 1 N–H and O–H groups in total. The molecule has 1 aliphatic heterocycles. The van der Waals surface area contributed by atoms with Gasteiger partial charge in [-0.1, -0.05) is 44.4 Å². The Morgan fingerprint density at radius 3 is 2.75 bits per heavy atom. The second kappa shape index (κ2) is 5.86. The second-order valence-corrected chi connectivity index (χ2v) is 6.33. The van der Waals surface area contributed by atoms with Crippen LogP contribution in [0.5, 0.6) is 0 Å². The Balaban J connectivity index is 1.74. The van der Waals surface area contributed by atoms with Crippen molar-refractivity contribution in [1.82, 2.24) is 5.32 Å². The number of carbonyl (C=O) groups excluding carboxylic acids is 1. The molecule has 1 aromatic rings. The number of rotatable bonds is 1. The van der Waals surface area contributed by atoms with Crippen molar-refractivity contribution in [1.29, 1.82) is 0 Å². The lowest BCUT2D eigenvalue weighted by atomic mass is 9.93. The summed E-state index contributed by atoms with van der Waals surface area (Å²) in [5, 5.41) is 3.24. The van der Waals surface area contributed by atoms with E-state index < -0.39 is 0 Å². The standard InChI is InChI=1S/C17H24N2O/c1-13-11-14-7-5-6-10-16(14)19(12-13)17(20)18-15-8-3-2-4-9-15/h5-7,10,13,15H,2-4,8-9,11-12H2,1H3,(H,18,20). The average Bonchev–Trinajstić information content (AvgIpc) is 2.47. The first-order valence-electron chi connectivity index (χ1n) is 7.90. The van der Waals surface area contributed by atoms with Gasteiger partial charge in [0.2, 0.25) is 0 Å². The average molecular weight is 272 g/mol. The van der Waals surface area contributed by atoms with E-state index in [1.165, 1.54) is 24.8 Å². The number of fused-ring (bicyclic) bond motifs is 1. The van der Waals surface area contributed by atoms with Crippen molar-refractivity contribution in [2.24, 2.45) is 5.92 Å². The lowest BCUT2D eigenvalue weighted by Gasteiger charge is -2.35. The molecule has 3 heteroatoms. The molecule has 0 aromatic heterocycles. The van der Waals surface area contributed by atoms with E-state index in [0.29, 0.717) is 12.0 Å². The number of amides is 2. The first-order chi connectivity index (χ1) is 9.74. The van der Waals surface area contributed by atoms with Crippen LogP contribution in [0.25, 0.3) is 0 Å². The SMILES string of the molecule is CC1Cc2ccccc2N(C(=O)NC2CCCCC2)C1. The third kappa shape index (κ3) is 2.82. The number of urea groups is 1. The van der Waals surface area contributed by atoms with E-state index in [1.54, 1.807) is 0 Å². The summed E-state index contributed by atoms with van der Waals surface area (Å²) in [5.41, 5.74) is 2.39. The molecular formula is C17H24N2O. The summed E-state index contributed by atoms with van der Waals surface area (Å²) >= 11 is 0. The largest absolute Gasteiger partial charge is 0.335 e. The van der Waals surface area contributed by atoms with Crippen molar-refractivity contribution < 1.29 is 4.79 Å². The van der Waals surface area contributed by atoms with Crippen molar-refractivity contribution in [2.45, 2.75) is 51.5 Å². The van der Waals surface area contributed by atoms with Gasteiger partial charge in [0, 0.05) is 18.3 Å². The zero-order valence-corrected chi connectivity index (χ0v) is 12.3. The normalized spacial score (nSPS) is 23.2. The van der Waals surface area contributed by atoms with E-state index in [4.69, 9.17) is 0 Å². The molecule has 108 valence electrons. The van der Waals surface area contributed by atoms with Crippen LogP contribution in [0.1, 0.15) is 44.6 Å². The van der Waals surface area contributed by atoms with Crippen molar-refractivity contribution >= 4 is 11.7 Å². The summed E-state index contributed by atoms with van der Waals surface area (Å²) in [6.45, 7) is 3.05. The van der Waals surface area contributed by atoms with E-state index in [0.717, 1.165) is 31.5 Å². The van der Waals surface area contributed by atoms with Gasteiger partial charge in [0.15, 0.2) is 0 Å². The number of para-hydroxylation sites is 1. The monoisotopic (exact) mass is 272 g/mol. The van der Waals surface area contributed by atoms with Crippen LogP contribution >= 0.6 is 0 Å². The molecule has 1 unspecified atom stereocenters. The van der Waals surface area contributed by atoms with Crippen molar-refractivity contribution in [3.05, 3.63) is 29.8 Å². The number of carbonyl (C=O) groups is 1. The minimum absolute atomic E-state index is 0.0934. The quantitative estimate of drug-likeness (QED) is 0.830. The first-order valence-corrected chi connectivity index (χ1v) is 7.90. The third-order valence-electron chi connectivity index (χ3n) is 4.52. The molecule has 1 saturated carbocycles. The van der Waals surface area contributed by atoms with Gasteiger partial charge in [-0.05, 0) is 36.8 Å². The number of benzene rings is 1. The van der Waals surface area contributed by atoms with Crippen LogP contribution in [-0.4, -0.2) is 18.6 Å². The van der Waals surface area contributed by atoms with Crippen LogP contribution in [0.2, 0.25) is 0 Å². The van der Waals surface area contributed by atoms with Crippen LogP contribution in [-0.2, 0) is 6.42 Å². The maximum absolute atomic E-state index is 12.6. The molecule has 1 atom stereocenters. The number of nitrogens with zero attached hydrogens (tertiary/aromatic N) is 1. The summed E-state index contributed by atoms with van der Waals surface area (Å²) in [6.07, 6.45) is 7.16. The second-order valence-electron chi connectivity index (χ2n) is 6.33. The Morgan fingerprint density at radius 2 is 1.95 bits per heavy atom. The number of hydrogen-bond donors (Lipinski definition) is 1. The van der Waals surface area contributed by atoms with Crippen molar-refractivity contribution in [3.63, 3.8) is 0 Å². The van der Waals surface area contributed by atoms with Gasteiger partial charge in [-0.25, -0.2) is 4.79 Å². The van der Waals surface area contributed by atoms with Crippen molar-refractivity contribution in [3.8, 4) is 0 Å². The highest BCUT2D eigenvalue weighted by molar-refractivity contribution is 5.93. The molecule has 0 spiro atoms. The highest BCUT2D eigenvalue weighted by Crippen LogP contribution is 2.29. The summed E-state index contributed by atoms with van der Waals surface area (Å²) < 4.78 is 0. The summed E-state index contributed by atoms with van der Waals surface area (Å²) in [4.78, 5) is 14.5. The fourth-order valence-corrected chi connectivity index (χ4v) is 3.49. The zero-order chi connectivity index (χ0) is 13.9. The zero-order valence-electron chi connectivity index (χ0n) is 12.3. The van der Waals surface area contributed by atoms with Crippen LogP contribution in [0, 0.1) is 5.92 Å². The molecule has 1 heterocycles. The maximum Gasteiger partial charge on any atom is 0.322 e. The van der Waals surface area contributed by atoms with Crippen LogP contribution < -0.4 is 10.2 Å². The predicted molar refractivity (Wildman–Crippen MR) is 82.1 cm³/mol. The van der Waals surface area contributed by atoms with E-state index in [2.05, 4.69) is 30.4 Å². The van der Waals surface area contributed by atoms with Crippen molar-refractivity contribution in [2.75, 3.05) is 11.4 Å². The topological polar surface area (TPSA) is 32.3 Å². The summed E-state index contributed by atoms with van der Waals surface area (Å²) in [6, 6.07) is 8.77. The van der Waals surface area contributed by atoms with Gasteiger partial charge >= 0.3 is 6.03 Å². The smallest absolute Gasteiger partial charge is 0.322 e. The molecule has 1 aliphatic carbocycles. The van der Waals surface area contributed by atoms with Crippen LogP contribution in [0.4, 0.5) is 10.5 Å². The molecule has 2 aliphatic rings. The fourth-order valence-electron chi connectivity index (χ4n) is 3.49. The van der Waals surface area contributed by atoms with Crippen LogP contribution in [0.3, 0.4) is 0 Å². The molecular weight excluding hydrogens is 248 g/mol. The van der Waals surface area contributed by atoms with E-state index in [1.807, 2.05) is 11.0 Å². The van der Waals surface area contributed by atoms with E-state index in [-0.39, 0.29) is 6.03 Å². The molecule has 0 radical (unpaired) electrons. The minimum atomic E-state index is 0.0934. The fraction of sp³-hybridized carbons (Fsp3) is 0.588. The van der Waals surface area contributed by atoms with Gasteiger partial charge in [-0.2, -0.15) is 0 Å². The van der Waals surface area contributed by atoms with Gasteiger partial charge in [0.1, 0.15) is 0 Å². The Labute approximate surface area is 121 Å².